The van der Waals surface area contributed by atoms with Crippen molar-refractivity contribution in [3.8, 4) is 11.3 Å². The highest BCUT2D eigenvalue weighted by Gasteiger charge is 1.98. The average molecular weight is 173 g/mol. The van der Waals surface area contributed by atoms with Gasteiger partial charge in [-0.1, -0.05) is 0 Å². The molecule has 13 heavy (non-hydrogen) atoms. The normalized spacial score (nSPS) is 9.85. The summed E-state index contributed by atoms with van der Waals surface area (Å²) in [4.78, 5) is 7.73. The first-order valence-electron chi connectivity index (χ1n) is 3.72. The van der Waals surface area contributed by atoms with Gasteiger partial charge in [0.1, 0.15) is 5.69 Å². The molecule has 0 aromatic carbocycles. The number of aromatic nitrogens is 4. The third-order valence-corrected chi connectivity index (χ3v) is 1.56. The summed E-state index contributed by atoms with van der Waals surface area (Å²) in [5.41, 5.74) is 6.92. The van der Waals surface area contributed by atoms with Crippen LogP contribution in [0.3, 0.4) is 0 Å². The quantitative estimate of drug-likeness (QED) is 0.680. The van der Waals surface area contributed by atoms with Crippen LogP contribution in [0.15, 0.2) is 30.7 Å². The van der Waals surface area contributed by atoms with Gasteiger partial charge in [-0.05, 0) is 12.1 Å². The topological polar surface area (TPSA) is 77.6 Å². The van der Waals surface area contributed by atoms with Crippen molar-refractivity contribution in [2.45, 2.75) is 0 Å². The molecule has 0 saturated heterocycles. The van der Waals surface area contributed by atoms with E-state index in [0.29, 0.717) is 5.69 Å². The molecule has 0 aliphatic rings. The molecule has 0 bridgehead atoms. The number of nitrogens with zero attached hydrogens (tertiary/aromatic N) is 4. The summed E-state index contributed by atoms with van der Waals surface area (Å²) in [6, 6.07) is 3.67. The predicted octanol–water partition coefficient (Wildman–Crippen LogP) is 0.516. The maximum absolute atomic E-state index is 5.31. The summed E-state index contributed by atoms with van der Waals surface area (Å²) in [7, 11) is 0. The minimum atomic E-state index is 0.179. The number of anilines is 1. The number of rotatable bonds is 1. The van der Waals surface area contributed by atoms with Gasteiger partial charge >= 0.3 is 0 Å². The number of hydrogen-bond donors (Lipinski definition) is 1. The monoisotopic (exact) mass is 173 g/mol. The molecule has 0 aliphatic heterocycles. The lowest BCUT2D eigenvalue weighted by atomic mass is 10.2. The molecule has 2 heterocycles. The van der Waals surface area contributed by atoms with Gasteiger partial charge in [-0.15, -0.1) is 10.2 Å². The number of hydrogen-bond acceptors (Lipinski definition) is 5. The average Bonchev–Trinajstić information content (AvgIpc) is 2.20. The van der Waals surface area contributed by atoms with E-state index in [4.69, 9.17) is 5.73 Å². The van der Waals surface area contributed by atoms with Crippen molar-refractivity contribution in [1.82, 2.24) is 20.2 Å². The zero-order valence-electron chi connectivity index (χ0n) is 6.75. The zero-order chi connectivity index (χ0) is 9.10. The Morgan fingerprint density at radius 2 is 1.85 bits per heavy atom. The maximum atomic E-state index is 5.31. The van der Waals surface area contributed by atoms with Crippen molar-refractivity contribution < 1.29 is 0 Å². The first kappa shape index (κ1) is 7.60. The van der Waals surface area contributed by atoms with Gasteiger partial charge < -0.3 is 5.73 Å². The van der Waals surface area contributed by atoms with Gasteiger partial charge in [0.05, 0.1) is 6.20 Å². The molecule has 0 fully saturated rings. The lowest BCUT2D eigenvalue weighted by molar-refractivity contribution is 0.992. The van der Waals surface area contributed by atoms with Crippen LogP contribution in [0.4, 0.5) is 5.95 Å². The molecule has 0 spiro atoms. The number of nitrogens with two attached hydrogens (primary N) is 1. The van der Waals surface area contributed by atoms with Crippen molar-refractivity contribution in [1.29, 1.82) is 0 Å². The van der Waals surface area contributed by atoms with E-state index >= 15 is 0 Å². The van der Waals surface area contributed by atoms with Gasteiger partial charge in [-0.25, -0.2) is 4.98 Å². The van der Waals surface area contributed by atoms with Crippen LogP contribution >= 0.6 is 0 Å². The fourth-order valence-electron chi connectivity index (χ4n) is 0.939. The second kappa shape index (κ2) is 3.14. The van der Waals surface area contributed by atoms with E-state index in [2.05, 4.69) is 20.2 Å². The summed E-state index contributed by atoms with van der Waals surface area (Å²) in [6.45, 7) is 0. The third kappa shape index (κ3) is 1.58. The highest BCUT2D eigenvalue weighted by Crippen LogP contribution is 2.12. The number of nitrogen functional groups attached to an aromatic ring is 1. The van der Waals surface area contributed by atoms with E-state index in [1.165, 1.54) is 0 Å². The molecule has 0 atom stereocenters. The Kier molecular flexibility index (Phi) is 1.84. The highest BCUT2D eigenvalue weighted by molar-refractivity contribution is 5.56. The van der Waals surface area contributed by atoms with Crippen LogP contribution in [0.5, 0.6) is 0 Å². The summed E-state index contributed by atoms with van der Waals surface area (Å²) in [5, 5.41) is 7.54. The molecule has 0 unspecified atom stereocenters. The summed E-state index contributed by atoms with van der Waals surface area (Å²) in [5.74, 6) is 0.179. The molecule has 2 N–H and O–H groups in total. The van der Waals surface area contributed by atoms with Crippen LogP contribution in [0.25, 0.3) is 11.3 Å². The molecule has 0 saturated carbocycles. The van der Waals surface area contributed by atoms with E-state index < -0.39 is 0 Å². The first-order chi connectivity index (χ1) is 6.36. The Bertz CT molecular complexity index is 383. The van der Waals surface area contributed by atoms with E-state index in [9.17, 15) is 0 Å². The van der Waals surface area contributed by atoms with Gasteiger partial charge in [0.15, 0.2) is 0 Å². The standard InChI is InChI=1S/C8H7N5/c9-8-11-5-7(12-13-8)6-1-3-10-4-2-6/h1-5H,(H2,9,11,13). The van der Waals surface area contributed by atoms with Crippen LogP contribution in [-0.2, 0) is 0 Å². The molecule has 5 nitrogen and oxygen atoms in total. The largest absolute Gasteiger partial charge is 0.366 e. The molecule has 0 amide bonds. The van der Waals surface area contributed by atoms with Crippen molar-refractivity contribution in [2.75, 3.05) is 5.73 Å². The van der Waals surface area contributed by atoms with E-state index in [1.54, 1.807) is 18.6 Å². The predicted molar refractivity (Wildman–Crippen MR) is 47.5 cm³/mol. The molecule has 5 heteroatoms. The van der Waals surface area contributed by atoms with Crippen molar-refractivity contribution in [3.05, 3.63) is 30.7 Å². The first-order valence-corrected chi connectivity index (χ1v) is 3.72. The molecule has 2 aromatic rings. The SMILES string of the molecule is Nc1ncc(-c2ccncc2)nn1. The van der Waals surface area contributed by atoms with Crippen LogP contribution in [0.1, 0.15) is 0 Å². The van der Waals surface area contributed by atoms with E-state index in [-0.39, 0.29) is 5.95 Å². The molecule has 0 aliphatic carbocycles. The van der Waals surface area contributed by atoms with Crippen molar-refractivity contribution >= 4 is 5.95 Å². The van der Waals surface area contributed by atoms with Gasteiger partial charge in [0, 0.05) is 18.0 Å². The van der Waals surface area contributed by atoms with Gasteiger partial charge in [0.2, 0.25) is 5.95 Å². The molecule has 64 valence electrons. The van der Waals surface area contributed by atoms with Crippen LogP contribution in [0, 0.1) is 0 Å². The Labute approximate surface area is 74.7 Å². The third-order valence-electron chi connectivity index (χ3n) is 1.56. The molecular formula is C8H7N5. The Morgan fingerprint density at radius 3 is 2.46 bits per heavy atom. The zero-order valence-corrected chi connectivity index (χ0v) is 6.75. The second-order valence-corrected chi connectivity index (χ2v) is 2.44. The Morgan fingerprint density at radius 1 is 1.08 bits per heavy atom. The molecule has 2 aromatic heterocycles. The van der Waals surface area contributed by atoms with Gasteiger partial charge in [-0.3, -0.25) is 4.98 Å². The molecular weight excluding hydrogens is 166 g/mol. The molecule has 0 radical (unpaired) electrons. The lowest BCUT2D eigenvalue weighted by Crippen LogP contribution is -1.97. The van der Waals surface area contributed by atoms with Crippen LogP contribution in [0.2, 0.25) is 0 Å². The highest BCUT2D eigenvalue weighted by atomic mass is 15.2. The van der Waals surface area contributed by atoms with Gasteiger partial charge in [0.25, 0.3) is 0 Å². The Balaban J connectivity index is 2.42. The van der Waals surface area contributed by atoms with Crippen LogP contribution < -0.4 is 5.73 Å². The van der Waals surface area contributed by atoms with Crippen molar-refractivity contribution in [3.63, 3.8) is 0 Å². The fraction of sp³-hybridized carbons (Fsp3) is 0. The summed E-state index contributed by atoms with van der Waals surface area (Å²) in [6.07, 6.45) is 4.96. The van der Waals surface area contributed by atoms with E-state index in [1.807, 2.05) is 12.1 Å². The second-order valence-electron chi connectivity index (χ2n) is 2.44. The minimum Gasteiger partial charge on any atom is -0.366 e. The van der Waals surface area contributed by atoms with Gasteiger partial charge in [-0.2, -0.15) is 0 Å². The summed E-state index contributed by atoms with van der Waals surface area (Å²) < 4.78 is 0. The molecule has 2 rings (SSSR count). The minimum absolute atomic E-state index is 0.179. The summed E-state index contributed by atoms with van der Waals surface area (Å²) >= 11 is 0. The van der Waals surface area contributed by atoms with E-state index in [0.717, 1.165) is 5.56 Å². The lowest BCUT2D eigenvalue weighted by Gasteiger charge is -1.97. The van der Waals surface area contributed by atoms with Crippen LogP contribution in [-0.4, -0.2) is 20.2 Å². The smallest absolute Gasteiger partial charge is 0.240 e. The van der Waals surface area contributed by atoms with Crippen molar-refractivity contribution in [2.24, 2.45) is 0 Å². The number of pyridine rings is 1. The Hall–Kier alpha value is -2.04. The maximum Gasteiger partial charge on any atom is 0.240 e. The fourth-order valence-corrected chi connectivity index (χ4v) is 0.939.